The van der Waals surface area contributed by atoms with E-state index >= 15 is 0 Å². The van der Waals surface area contributed by atoms with Gasteiger partial charge in [-0.05, 0) is 36.6 Å². The summed E-state index contributed by atoms with van der Waals surface area (Å²) in [6.45, 7) is 0.833. The van der Waals surface area contributed by atoms with E-state index in [0.717, 1.165) is 13.0 Å². The van der Waals surface area contributed by atoms with Crippen LogP contribution in [-0.4, -0.2) is 19.6 Å². The van der Waals surface area contributed by atoms with E-state index in [1.165, 1.54) is 12.7 Å². The number of ether oxygens (including phenoxy) is 1. The molecular formula is C14H16N2O2. The topological polar surface area (TPSA) is 62.1 Å². The van der Waals surface area contributed by atoms with E-state index in [0.29, 0.717) is 17.9 Å². The average molecular weight is 244 g/mol. The lowest BCUT2D eigenvalue weighted by atomic mass is 9.97. The first-order valence-corrected chi connectivity index (χ1v) is 6.03. The highest BCUT2D eigenvalue weighted by atomic mass is 16.5. The van der Waals surface area contributed by atoms with E-state index < -0.39 is 0 Å². The number of nitrogens with one attached hydrogen (secondary N) is 1. The van der Waals surface area contributed by atoms with Gasteiger partial charge in [0.25, 0.3) is 0 Å². The minimum atomic E-state index is -0.151. The molecule has 2 rings (SSSR count). The number of rotatable bonds is 3. The monoisotopic (exact) mass is 244 g/mol. The smallest absolute Gasteiger partial charge is 0.305 e. The molecule has 2 atom stereocenters. The van der Waals surface area contributed by atoms with Crippen LogP contribution in [0, 0.1) is 17.2 Å². The highest BCUT2D eigenvalue weighted by molar-refractivity contribution is 5.69. The Morgan fingerprint density at radius 3 is 2.83 bits per heavy atom. The van der Waals surface area contributed by atoms with Crippen molar-refractivity contribution in [1.82, 2.24) is 5.32 Å². The molecule has 0 saturated carbocycles. The maximum Gasteiger partial charge on any atom is 0.305 e. The SMILES string of the molecule is COC(=O)C[C@H]1CN[C@@H](c2ccc(C#N)cc2)C1. The van der Waals surface area contributed by atoms with Crippen LogP contribution in [0.25, 0.3) is 0 Å². The molecule has 0 aliphatic carbocycles. The van der Waals surface area contributed by atoms with Crippen molar-refractivity contribution >= 4 is 5.97 Å². The van der Waals surface area contributed by atoms with E-state index in [9.17, 15) is 4.79 Å². The summed E-state index contributed by atoms with van der Waals surface area (Å²) >= 11 is 0. The first-order chi connectivity index (χ1) is 8.72. The molecule has 1 saturated heterocycles. The van der Waals surface area contributed by atoms with Crippen molar-refractivity contribution in [3.63, 3.8) is 0 Å². The first-order valence-electron chi connectivity index (χ1n) is 6.03. The molecule has 4 nitrogen and oxygen atoms in total. The van der Waals surface area contributed by atoms with Crippen molar-refractivity contribution in [2.45, 2.75) is 18.9 Å². The molecule has 1 fully saturated rings. The Labute approximate surface area is 107 Å². The zero-order chi connectivity index (χ0) is 13.0. The van der Waals surface area contributed by atoms with E-state index in [1.807, 2.05) is 24.3 Å². The highest BCUT2D eigenvalue weighted by Crippen LogP contribution is 2.29. The standard InChI is InChI=1S/C14H16N2O2/c1-18-14(17)7-11-6-13(16-9-11)12-4-2-10(8-15)3-5-12/h2-5,11,13,16H,6-7,9H2,1H3/t11-,13+/m0/s1. The summed E-state index contributed by atoms with van der Waals surface area (Å²) in [7, 11) is 1.42. The molecule has 1 aliphatic heterocycles. The van der Waals surface area contributed by atoms with Gasteiger partial charge < -0.3 is 10.1 Å². The van der Waals surface area contributed by atoms with E-state index in [1.54, 1.807) is 0 Å². The molecule has 1 aliphatic rings. The Bertz CT molecular complexity index is 462. The van der Waals surface area contributed by atoms with Gasteiger partial charge in [0, 0.05) is 12.5 Å². The normalized spacial score (nSPS) is 22.4. The van der Waals surface area contributed by atoms with Gasteiger partial charge in [-0.15, -0.1) is 0 Å². The third-order valence-corrected chi connectivity index (χ3v) is 3.35. The molecule has 94 valence electrons. The Morgan fingerprint density at radius 1 is 1.50 bits per heavy atom. The van der Waals surface area contributed by atoms with Gasteiger partial charge >= 0.3 is 5.97 Å². The molecule has 0 spiro atoms. The predicted octanol–water partition coefficient (Wildman–Crippen LogP) is 1.77. The molecule has 0 bridgehead atoms. The zero-order valence-electron chi connectivity index (χ0n) is 10.3. The molecule has 1 N–H and O–H groups in total. The Hall–Kier alpha value is -1.86. The number of nitrogens with zero attached hydrogens (tertiary/aromatic N) is 1. The van der Waals surface area contributed by atoms with Gasteiger partial charge in [-0.25, -0.2) is 0 Å². The fraction of sp³-hybridized carbons (Fsp3) is 0.429. The van der Waals surface area contributed by atoms with Crippen molar-refractivity contribution < 1.29 is 9.53 Å². The van der Waals surface area contributed by atoms with Crippen molar-refractivity contribution in [3.05, 3.63) is 35.4 Å². The number of esters is 1. The summed E-state index contributed by atoms with van der Waals surface area (Å²) in [6.07, 6.45) is 1.40. The summed E-state index contributed by atoms with van der Waals surface area (Å²) in [5.74, 6) is 0.181. The second kappa shape index (κ2) is 5.65. The Balaban J connectivity index is 1.95. The second-order valence-electron chi connectivity index (χ2n) is 4.58. The van der Waals surface area contributed by atoms with Crippen molar-refractivity contribution in [2.75, 3.05) is 13.7 Å². The van der Waals surface area contributed by atoms with Crippen LogP contribution in [-0.2, 0) is 9.53 Å². The molecule has 1 aromatic carbocycles. The lowest BCUT2D eigenvalue weighted by molar-refractivity contribution is -0.141. The summed E-state index contributed by atoms with van der Waals surface area (Å²) in [5, 5.41) is 12.1. The summed E-state index contributed by atoms with van der Waals surface area (Å²) in [5.41, 5.74) is 1.84. The van der Waals surface area contributed by atoms with Gasteiger partial charge in [-0.2, -0.15) is 5.26 Å². The molecular weight excluding hydrogens is 228 g/mol. The number of nitriles is 1. The van der Waals surface area contributed by atoms with Gasteiger partial charge in [0.2, 0.25) is 0 Å². The summed E-state index contributed by atoms with van der Waals surface area (Å²) in [6, 6.07) is 9.96. The van der Waals surface area contributed by atoms with Gasteiger partial charge in [-0.3, -0.25) is 4.79 Å². The molecule has 4 heteroatoms. The first kappa shape index (κ1) is 12.6. The highest BCUT2D eigenvalue weighted by Gasteiger charge is 2.27. The van der Waals surface area contributed by atoms with Crippen LogP contribution in [0.1, 0.15) is 30.0 Å². The Kier molecular flexibility index (Phi) is 3.96. The maximum absolute atomic E-state index is 11.2. The van der Waals surface area contributed by atoms with Crippen LogP contribution in [0.4, 0.5) is 0 Å². The number of methoxy groups -OCH3 is 1. The predicted molar refractivity (Wildman–Crippen MR) is 66.6 cm³/mol. The fourth-order valence-electron chi connectivity index (χ4n) is 2.33. The number of carbonyl (C=O) groups excluding carboxylic acids is 1. The lowest BCUT2D eigenvalue weighted by Gasteiger charge is -2.10. The molecule has 0 amide bonds. The van der Waals surface area contributed by atoms with Gasteiger partial charge in [0.05, 0.1) is 18.7 Å². The minimum Gasteiger partial charge on any atom is -0.469 e. The quantitative estimate of drug-likeness (QED) is 0.823. The number of hydrogen-bond acceptors (Lipinski definition) is 4. The Morgan fingerprint density at radius 2 is 2.22 bits per heavy atom. The molecule has 1 heterocycles. The van der Waals surface area contributed by atoms with Gasteiger partial charge in [0.1, 0.15) is 0 Å². The molecule has 0 radical (unpaired) electrons. The van der Waals surface area contributed by atoms with E-state index in [2.05, 4.69) is 16.1 Å². The second-order valence-corrected chi connectivity index (χ2v) is 4.58. The third kappa shape index (κ3) is 2.88. The molecule has 18 heavy (non-hydrogen) atoms. The van der Waals surface area contributed by atoms with Crippen LogP contribution >= 0.6 is 0 Å². The summed E-state index contributed by atoms with van der Waals surface area (Å²) in [4.78, 5) is 11.2. The van der Waals surface area contributed by atoms with E-state index in [-0.39, 0.29) is 12.0 Å². The van der Waals surface area contributed by atoms with Gasteiger partial charge in [0.15, 0.2) is 0 Å². The van der Waals surface area contributed by atoms with Gasteiger partial charge in [-0.1, -0.05) is 12.1 Å². The number of hydrogen-bond donors (Lipinski definition) is 1. The van der Waals surface area contributed by atoms with Crippen molar-refractivity contribution in [2.24, 2.45) is 5.92 Å². The van der Waals surface area contributed by atoms with E-state index in [4.69, 9.17) is 5.26 Å². The van der Waals surface area contributed by atoms with Crippen LogP contribution in [0.15, 0.2) is 24.3 Å². The molecule has 1 aromatic rings. The largest absolute Gasteiger partial charge is 0.469 e. The minimum absolute atomic E-state index is 0.151. The average Bonchev–Trinajstić information content (AvgIpc) is 2.87. The van der Waals surface area contributed by atoms with Crippen molar-refractivity contribution in [3.8, 4) is 6.07 Å². The number of carbonyl (C=O) groups is 1. The maximum atomic E-state index is 11.2. The zero-order valence-corrected chi connectivity index (χ0v) is 10.3. The molecule has 0 unspecified atom stereocenters. The third-order valence-electron chi connectivity index (χ3n) is 3.35. The van der Waals surface area contributed by atoms with Crippen molar-refractivity contribution in [1.29, 1.82) is 5.26 Å². The van der Waals surface area contributed by atoms with Crippen LogP contribution < -0.4 is 5.32 Å². The lowest BCUT2D eigenvalue weighted by Crippen LogP contribution is -2.15. The fourth-order valence-corrected chi connectivity index (χ4v) is 2.33. The van der Waals surface area contributed by atoms with Crippen LogP contribution in [0.3, 0.4) is 0 Å². The molecule has 0 aromatic heterocycles. The summed E-state index contributed by atoms with van der Waals surface area (Å²) < 4.78 is 4.68. The van der Waals surface area contributed by atoms with Crippen LogP contribution in [0.5, 0.6) is 0 Å². The number of benzene rings is 1. The van der Waals surface area contributed by atoms with Crippen LogP contribution in [0.2, 0.25) is 0 Å².